The summed E-state index contributed by atoms with van der Waals surface area (Å²) < 4.78 is 38.9. The molecule has 100 valence electrons. The fraction of sp³-hybridized carbons (Fsp3) is 0.231. The molecule has 6 heteroatoms. The van der Waals surface area contributed by atoms with E-state index in [1.54, 1.807) is 6.92 Å². The van der Waals surface area contributed by atoms with Crippen LogP contribution in [-0.2, 0) is 6.18 Å². The molecule has 0 bridgehead atoms. The molecular formula is C13H11F3N2O. The Kier molecular flexibility index (Phi) is 3.18. The van der Waals surface area contributed by atoms with Crippen molar-refractivity contribution in [3.63, 3.8) is 0 Å². The highest BCUT2D eigenvalue weighted by Crippen LogP contribution is 2.34. The van der Waals surface area contributed by atoms with Gasteiger partial charge in [0.1, 0.15) is 5.82 Å². The molecular weight excluding hydrogens is 257 g/mol. The molecule has 1 aromatic heterocycles. The number of allylic oxidation sites excluding steroid dienone is 1. The van der Waals surface area contributed by atoms with E-state index < -0.39 is 17.3 Å². The van der Waals surface area contributed by atoms with E-state index in [1.165, 1.54) is 25.1 Å². The molecule has 2 aromatic rings. The predicted molar refractivity (Wildman–Crippen MR) is 66.8 cm³/mol. The maximum absolute atomic E-state index is 13.0. The quantitative estimate of drug-likeness (QED) is 0.862. The summed E-state index contributed by atoms with van der Waals surface area (Å²) in [4.78, 5) is 18.1. The summed E-state index contributed by atoms with van der Waals surface area (Å²) in [6, 6.07) is 2.12. The third-order valence-corrected chi connectivity index (χ3v) is 2.65. The van der Waals surface area contributed by atoms with E-state index >= 15 is 0 Å². The van der Waals surface area contributed by atoms with Gasteiger partial charge in [0.25, 0.3) is 5.56 Å². The van der Waals surface area contributed by atoms with E-state index in [2.05, 4.69) is 9.97 Å². The summed E-state index contributed by atoms with van der Waals surface area (Å²) in [5, 5.41) is 0.145. The van der Waals surface area contributed by atoms with Gasteiger partial charge in [0.2, 0.25) is 0 Å². The van der Waals surface area contributed by atoms with Gasteiger partial charge >= 0.3 is 6.18 Å². The molecule has 0 saturated heterocycles. The molecule has 19 heavy (non-hydrogen) atoms. The monoisotopic (exact) mass is 268 g/mol. The predicted octanol–water partition coefficient (Wildman–Crippen LogP) is 3.28. The van der Waals surface area contributed by atoms with Crippen molar-refractivity contribution < 1.29 is 13.2 Å². The lowest BCUT2D eigenvalue weighted by atomic mass is 10.0. The molecule has 1 aromatic carbocycles. The first-order chi connectivity index (χ1) is 8.82. The molecule has 0 saturated carbocycles. The largest absolute Gasteiger partial charge is 0.417 e. The van der Waals surface area contributed by atoms with Crippen LogP contribution in [0.3, 0.4) is 0 Å². The zero-order valence-electron chi connectivity index (χ0n) is 10.3. The molecule has 0 unspecified atom stereocenters. The molecule has 0 aliphatic heterocycles. The Bertz CT molecular complexity index is 714. The molecule has 1 N–H and O–H groups in total. The topological polar surface area (TPSA) is 45.8 Å². The first kappa shape index (κ1) is 13.3. The number of rotatable bonds is 1. The van der Waals surface area contributed by atoms with E-state index in [0.29, 0.717) is 0 Å². The van der Waals surface area contributed by atoms with Gasteiger partial charge in [-0.1, -0.05) is 12.2 Å². The summed E-state index contributed by atoms with van der Waals surface area (Å²) in [6.45, 7) is 3.13. The smallest absolute Gasteiger partial charge is 0.310 e. The van der Waals surface area contributed by atoms with E-state index in [1.807, 2.05) is 0 Å². The molecule has 0 aliphatic rings. The Balaban J connectivity index is 2.88. The lowest BCUT2D eigenvalue weighted by Gasteiger charge is -2.11. The zero-order valence-corrected chi connectivity index (χ0v) is 10.3. The number of halogens is 3. The van der Waals surface area contributed by atoms with Gasteiger partial charge in [-0.3, -0.25) is 4.79 Å². The number of H-pyrrole nitrogens is 1. The van der Waals surface area contributed by atoms with Crippen molar-refractivity contribution in [1.29, 1.82) is 0 Å². The van der Waals surface area contributed by atoms with Crippen LogP contribution < -0.4 is 5.56 Å². The highest BCUT2D eigenvalue weighted by molar-refractivity contribution is 5.82. The summed E-state index contributed by atoms with van der Waals surface area (Å²) in [5.74, 6) is 0.282. The Morgan fingerprint density at radius 3 is 2.58 bits per heavy atom. The van der Waals surface area contributed by atoms with Crippen molar-refractivity contribution in [3.8, 4) is 0 Å². The van der Waals surface area contributed by atoms with Crippen LogP contribution in [0.1, 0.15) is 23.9 Å². The average molecular weight is 268 g/mol. The number of alkyl halides is 3. The van der Waals surface area contributed by atoms with Crippen LogP contribution in [0.15, 0.2) is 23.0 Å². The molecule has 0 aliphatic carbocycles. The fourth-order valence-corrected chi connectivity index (χ4v) is 1.88. The van der Waals surface area contributed by atoms with Gasteiger partial charge in [-0.2, -0.15) is 13.2 Å². The average Bonchev–Trinajstić information content (AvgIpc) is 2.28. The van der Waals surface area contributed by atoms with E-state index in [9.17, 15) is 18.0 Å². The maximum atomic E-state index is 13.0. The number of aryl methyl sites for hydroxylation is 1. The van der Waals surface area contributed by atoms with Gasteiger partial charge in [0, 0.05) is 0 Å². The molecule has 0 atom stereocenters. The minimum atomic E-state index is -4.48. The van der Waals surface area contributed by atoms with Crippen LogP contribution in [0.4, 0.5) is 13.2 Å². The fourth-order valence-electron chi connectivity index (χ4n) is 1.88. The van der Waals surface area contributed by atoms with Crippen LogP contribution in [0.5, 0.6) is 0 Å². The SMILES string of the molecule is CC=Cc1cc2c(=O)[nH]c(C)nc2cc1C(F)(F)F. The first-order valence-corrected chi connectivity index (χ1v) is 5.57. The number of aromatic nitrogens is 2. The Morgan fingerprint density at radius 2 is 2.00 bits per heavy atom. The van der Waals surface area contributed by atoms with Gasteiger partial charge in [-0.25, -0.2) is 4.98 Å². The van der Waals surface area contributed by atoms with E-state index in [4.69, 9.17) is 0 Å². The zero-order chi connectivity index (χ0) is 14.2. The van der Waals surface area contributed by atoms with Crippen molar-refractivity contribution in [2.24, 2.45) is 0 Å². The molecule has 1 heterocycles. The summed E-state index contributed by atoms with van der Waals surface area (Å²) >= 11 is 0. The van der Waals surface area contributed by atoms with Crippen molar-refractivity contribution in [2.45, 2.75) is 20.0 Å². The number of aromatic amines is 1. The molecule has 2 rings (SSSR count). The molecule has 0 spiro atoms. The summed E-state index contributed by atoms with van der Waals surface area (Å²) in [6.07, 6.45) is -1.67. The molecule has 3 nitrogen and oxygen atoms in total. The van der Waals surface area contributed by atoms with Gasteiger partial charge in [-0.05, 0) is 31.5 Å². The Morgan fingerprint density at radius 1 is 1.32 bits per heavy atom. The van der Waals surface area contributed by atoms with Crippen molar-refractivity contribution in [3.05, 3.63) is 45.5 Å². The van der Waals surface area contributed by atoms with E-state index in [0.717, 1.165) is 6.07 Å². The van der Waals surface area contributed by atoms with Gasteiger partial charge < -0.3 is 4.98 Å². The first-order valence-electron chi connectivity index (χ1n) is 5.57. The third kappa shape index (κ3) is 2.52. The number of nitrogens with one attached hydrogen (secondary N) is 1. The summed E-state index contributed by atoms with van der Waals surface area (Å²) in [7, 11) is 0. The molecule has 0 amide bonds. The summed E-state index contributed by atoms with van der Waals surface area (Å²) in [5.41, 5.74) is -1.24. The normalized spacial score (nSPS) is 12.5. The van der Waals surface area contributed by atoms with Gasteiger partial charge in [0.05, 0.1) is 16.5 Å². The van der Waals surface area contributed by atoms with Crippen LogP contribution in [0, 0.1) is 6.92 Å². The number of hydrogen-bond acceptors (Lipinski definition) is 2. The van der Waals surface area contributed by atoms with Gasteiger partial charge in [-0.15, -0.1) is 0 Å². The number of fused-ring (bicyclic) bond motifs is 1. The Hall–Kier alpha value is -2.11. The third-order valence-electron chi connectivity index (χ3n) is 2.65. The number of benzene rings is 1. The van der Waals surface area contributed by atoms with E-state index in [-0.39, 0.29) is 22.3 Å². The standard InChI is InChI=1S/C13H11F3N2O/c1-3-4-8-5-9-11(6-10(8)13(14,15)16)17-7(2)18-12(9)19/h3-6H,1-2H3,(H,17,18,19). The maximum Gasteiger partial charge on any atom is 0.417 e. The number of nitrogens with zero attached hydrogens (tertiary/aromatic N) is 1. The van der Waals surface area contributed by atoms with Crippen molar-refractivity contribution in [2.75, 3.05) is 0 Å². The van der Waals surface area contributed by atoms with Crippen molar-refractivity contribution >= 4 is 17.0 Å². The Labute approximate surface area is 106 Å². The lowest BCUT2D eigenvalue weighted by Crippen LogP contribution is -2.13. The minimum Gasteiger partial charge on any atom is -0.310 e. The second-order valence-corrected chi connectivity index (χ2v) is 4.11. The van der Waals surface area contributed by atoms with Crippen molar-refractivity contribution in [1.82, 2.24) is 9.97 Å². The second-order valence-electron chi connectivity index (χ2n) is 4.11. The molecule has 0 radical (unpaired) electrons. The number of hydrogen-bond donors (Lipinski definition) is 1. The lowest BCUT2D eigenvalue weighted by molar-refractivity contribution is -0.137. The highest BCUT2D eigenvalue weighted by atomic mass is 19.4. The van der Waals surface area contributed by atoms with Crippen LogP contribution in [-0.4, -0.2) is 9.97 Å². The van der Waals surface area contributed by atoms with Gasteiger partial charge in [0.15, 0.2) is 0 Å². The molecule has 0 fully saturated rings. The highest BCUT2D eigenvalue weighted by Gasteiger charge is 2.33. The van der Waals surface area contributed by atoms with Crippen LogP contribution in [0.25, 0.3) is 17.0 Å². The van der Waals surface area contributed by atoms with Crippen LogP contribution >= 0.6 is 0 Å². The second kappa shape index (κ2) is 4.53. The van der Waals surface area contributed by atoms with Crippen LogP contribution in [0.2, 0.25) is 0 Å². The minimum absolute atomic E-state index is 0.0429.